The van der Waals surface area contributed by atoms with Gasteiger partial charge in [0.2, 0.25) is 0 Å². The Bertz CT molecular complexity index is 632. The van der Waals surface area contributed by atoms with Crippen molar-refractivity contribution in [2.24, 2.45) is 5.92 Å². The van der Waals surface area contributed by atoms with Gasteiger partial charge in [-0.15, -0.1) is 0 Å². The molecule has 6 nitrogen and oxygen atoms in total. The second-order valence-electron chi connectivity index (χ2n) is 6.08. The molecule has 0 unspecified atom stereocenters. The molecule has 24 heavy (non-hydrogen) atoms. The molecule has 0 fully saturated rings. The number of carbonyl (C=O) groups excluding carboxylic acids is 3. The second kappa shape index (κ2) is 7.77. The first-order chi connectivity index (χ1) is 11.4. The van der Waals surface area contributed by atoms with E-state index in [4.69, 9.17) is 4.74 Å². The van der Waals surface area contributed by atoms with Gasteiger partial charge in [-0.3, -0.25) is 19.3 Å². The van der Waals surface area contributed by atoms with Crippen LogP contribution in [-0.4, -0.2) is 42.4 Å². The van der Waals surface area contributed by atoms with E-state index in [0.717, 1.165) is 6.42 Å². The minimum atomic E-state index is -0.642. The molecule has 0 atom stereocenters. The minimum absolute atomic E-state index is 0.258. The third-order valence-electron chi connectivity index (χ3n) is 3.73. The number of rotatable bonds is 7. The van der Waals surface area contributed by atoms with E-state index >= 15 is 0 Å². The monoisotopic (exact) mass is 330 g/mol. The molecule has 0 saturated carbocycles. The largest absolute Gasteiger partial charge is 0.454 e. The number of carbonyl (C=O) groups is 3. The van der Waals surface area contributed by atoms with E-state index < -0.39 is 5.97 Å². The molecule has 0 aliphatic carbocycles. The topological polar surface area (TPSA) is 75.7 Å². The van der Waals surface area contributed by atoms with Gasteiger partial charge >= 0.3 is 5.97 Å². The van der Waals surface area contributed by atoms with Gasteiger partial charge in [-0.25, -0.2) is 0 Å². The van der Waals surface area contributed by atoms with Gasteiger partial charge in [0.25, 0.3) is 11.8 Å². The molecule has 1 aromatic carbocycles. The molecule has 0 saturated heterocycles. The Morgan fingerprint density at radius 1 is 1.25 bits per heavy atom. The van der Waals surface area contributed by atoms with Crippen molar-refractivity contribution >= 4 is 23.5 Å². The summed E-state index contributed by atoms with van der Waals surface area (Å²) in [6.45, 7) is 7.91. The predicted molar refractivity (Wildman–Crippen MR) is 89.9 cm³/mol. The Morgan fingerprint density at radius 3 is 2.54 bits per heavy atom. The van der Waals surface area contributed by atoms with Crippen LogP contribution in [0.5, 0.6) is 0 Å². The third-order valence-corrected chi connectivity index (χ3v) is 3.73. The normalized spacial score (nSPS) is 13.2. The van der Waals surface area contributed by atoms with Gasteiger partial charge in [0, 0.05) is 23.4 Å². The molecule has 6 heteroatoms. The molecule has 0 aromatic heterocycles. The van der Waals surface area contributed by atoms with Crippen molar-refractivity contribution in [3.8, 4) is 0 Å². The zero-order valence-electron chi connectivity index (χ0n) is 14.0. The van der Waals surface area contributed by atoms with Crippen molar-refractivity contribution in [1.82, 2.24) is 10.2 Å². The van der Waals surface area contributed by atoms with Crippen LogP contribution in [0.2, 0.25) is 0 Å². The van der Waals surface area contributed by atoms with Crippen LogP contribution < -0.4 is 5.32 Å². The number of fused-ring (bicyclic) bond motifs is 1. The molecular formula is C18H22N2O4. The van der Waals surface area contributed by atoms with Crippen molar-refractivity contribution < 1.29 is 19.1 Å². The maximum absolute atomic E-state index is 12.3. The summed E-state index contributed by atoms with van der Waals surface area (Å²) < 4.78 is 4.93. The lowest BCUT2D eigenvalue weighted by molar-refractivity contribution is -0.148. The predicted octanol–water partition coefficient (Wildman–Crippen LogP) is 1.82. The molecular weight excluding hydrogens is 308 g/mol. The van der Waals surface area contributed by atoms with Gasteiger partial charge in [0.15, 0.2) is 6.61 Å². The quantitative estimate of drug-likeness (QED) is 0.774. The summed E-state index contributed by atoms with van der Waals surface area (Å²) >= 11 is 0. The van der Waals surface area contributed by atoms with Crippen molar-refractivity contribution in [3.05, 3.63) is 42.0 Å². The number of amides is 2. The van der Waals surface area contributed by atoms with Crippen molar-refractivity contribution in [2.45, 2.75) is 20.3 Å². The fourth-order valence-corrected chi connectivity index (χ4v) is 2.37. The first kappa shape index (κ1) is 17.7. The Kier molecular flexibility index (Phi) is 5.73. The van der Waals surface area contributed by atoms with E-state index in [1.165, 1.54) is 4.90 Å². The molecule has 1 aliphatic heterocycles. The summed E-state index contributed by atoms with van der Waals surface area (Å²) in [6, 6.07) is 7.04. The van der Waals surface area contributed by atoms with Gasteiger partial charge in [-0.05, 0) is 18.4 Å². The Labute approximate surface area is 141 Å². The lowest BCUT2D eigenvalue weighted by Crippen LogP contribution is -2.34. The number of esters is 1. The lowest BCUT2D eigenvalue weighted by atomic mass is 10.1. The fraction of sp³-hybridized carbons (Fsp3) is 0.389. The van der Waals surface area contributed by atoms with E-state index in [-0.39, 0.29) is 25.0 Å². The van der Waals surface area contributed by atoms with Crippen LogP contribution in [0.3, 0.4) is 0 Å². The first-order valence-electron chi connectivity index (χ1n) is 7.92. The zero-order chi connectivity index (χ0) is 17.7. The molecule has 0 bridgehead atoms. The molecule has 0 radical (unpaired) electrons. The molecule has 1 heterocycles. The number of ether oxygens (including phenoxy) is 1. The molecule has 128 valence electrons. The van der Waals surface area contributed by atoms with E-state index in [0.29, 0.717) is 29.3 Å². The van der Waals surface area contributed by atoms with Crippen LogP contribution in [0, 0.1) is 5.92 Å². The summed E-state index contributed by atoms with van der Waals surface area (Å²) in [4.78, 5) is 37.0. The van der Waals surface area contributed by atoms with Crippen LogP contribution in [0.1, 0.15) is 36.2 Å². The summed E-state index contributed by atoms with van der Waals surface area (Å²) in [6.07, 6.45) is 0.861. The fourth-order valence-electron chi connectivity index (χ4n) is 2.37. The summed E-state index contributed by atoms with van der Waals surface area (Å²) in [5.74, 6) is -0.786. The van der Waals surface area contributed by atoms with Gasteiger partial charge in [-0.2, -0.15) is 0 Å². The lowest BCUT2D eigenvalue weighted by Gasteiger charge is -2.16. The number of hydrogen-bond donors (Lipinski definition) is 1. The van der Waals surface area contributed by atoms with E-state index in [9.17, 15) is 14.4 Å². The van der Waals surface area contributed by atoms with Gasteiger partial charge in [-0.1, -0.05) is 38.6 Å². The molecule has 1 aliphatic rings. The smallest absolute Gasteiger partial charge is 0.326 e. The average molecular weight is 330 g/mol. The molecule has 1 N–H and O–H groups in total. The Hall–Kier alpha value is -2.63. The van der Waals surface area contributed by atoms with Gasteiger partial charge < -0.3 is 10.1 Å². The number of benzene rings is 1. The van der Waals surface area contributed by atoms with Crippen LogP contribution in [-0.2, 0) is 14.3 Å². The number of hydrogen-bond acceptors (Lipinski definition) is 4. The minimum Gasteiger partial charge on any atom is -0.454 e. The molecule has 0 spiro atoms. The van der Waals surface area contributed by atoms with Gasteiger partial charge in [0.05, 0.1) is 0 Å². The highest BCUT2D eigenvalue weighted by molar-refractivity contribution is 6.10. The van der Waals surface area contributed by atoms with E-state index in [1.54, 1.807) is 24.3 Å². The van der Waals surface area contributed by atoms with Crippen LogP contribution in [0.4, 0.5) is 0 Å². The number of nitrogens with one attached hydrogen (secondary N) is 1. The SMILES string of the molecule is C=C1c2ccccc2C(=O)N1CC(=O)OCC(=O)NCCC(C)C. The molecule has 2 amide bonds. The highest BCUT2D eigenvalue weighted by atomic mass is 16.5. The van der Waals surface area contributed by atoms with Crippen LogP contribution >= 0.6 is 0 Å². The zero-order valence-corrected chi connectivity index (χ0v) is 14.0. The highest BCUT2D eigenvalue weighted by Gasteiger charge is 2.32. The number of nitrogens with zero attached hydrogens (tertiary/aromatic N) is 1. The summed E-state index contributed by atoms with van der Waals surface area (Å²) in [5.41, 5.74) is 1.69. The third kappa shape index (κ3) is 4.22. The van der Waals surface area contributed by atoms with E-state index in [1.807, 2.05) is 0 Å². The summed E-state index contributed by atoms with van der Waals surface area (Å²) in [7, 11) is 0. The molecule has 1 aromatic rings. The van der Waals surface area contributed by atoms with Crippen molar-refractivity contribution in [2.75, 3.05) is 19.7 Å². The van der Waals surface area contributed by atoms with Gasteiger partial charge in [0.1, 0.15) is 6.54 Å². The van der Waals surface area contributed by atoms with E-state index in [2.05, 4.69) is 25.7 Å². The van der Waals surface area contributed by atoms with Crippen LogP contribution in [0.25, 0.3) is 5.70 Å². The Morgan fingerprint density at radius 2 is 1.92 bits per heavy atom. The summed E-state index contributed by atoms with van der Waals surface area (Å²) in [5, 5.41) is 2.68. The Balaban J connectivity index is 1.80. The van der Waals surface area contributed by atoms with Crippen LogP contribution in [0.15, 0.2) is 30.8 Å². The molecule has 2 rings (SSSR count). The average Bonchev–Trinajstić information content (AvgIpc) is 2.78. The first-order valence-corrected chi connectivity index (χ1v) is 7.92. The second-order valence-corrected chi connectivity index (χ2v) is 6.08. The highest BCUT2D eigenvalue weighted by Crippen LogP contribution is 2.30. The van der Waals surface area contributed by atoms with Crippen molar-refractivity contribution in [1.29, 1.82) is 0 Å². The standard InChI is InChI=1S/C18H22N2O4/c1-12(2)8-9-19-16(21)11-24-17(22)10-20-13(3)14-6-4-5-7-15(14)18(20)23/h4-7,12H,3,8-11H2,1-2H3,(H,19,21). The van der Waals surface area contributed by atoms with Crippen molar-refractivity contribution in [3.63, 3.8) is 0 Å². The maximum Gasteiger partial charge on any atom is 0.326 e. The maximum atomic E-state index is 12.3.